The number of carbonyl (C=O) groups excluding carboxylic acids is 1. The van der Waals surface area contributed by atoms with Gasteiger partial charge in [0.25, 0.3) is 0 Å². The number of carbonyl (C=O) groups is 2. The number of nitrogens with one attached hydrogen (secondary N) is 1. The zero-order valence-electron chi connectivity index (χ0n) is 8.70. The lowest BCUT2D eigenvalue weighted by molar-refractivity contribution is -0.156. The lowest BCUT2D eigenvalue weighted by Gasteiger charge is -2.42. The SMILES string of the molecule is CC(C)(C)N1C(=O)CNCC1C(=O)O. The van der Waals surface area contributed by atoms with Gasteiger partial charge in [-0.3, -0.25) is 4.79 Å². The van der Waals surface area contributed by atoms with Gasteiger partial charge in [-0.25, -0.2) is 4.79 Å². The van der Waals surface area contributed by atoms with Gasteiger partial charge in [0.05, 0.1) is 6.54 Å². The number of aliphatic carboxylic acids is 1. The summed E-state index contributed by atoms with van der Waals surface area (Å²) in [6, 6.07) is -0.753. The fourth-order valence-electron chi connectivity index (χ4n) is 1.71. The second kappa shape index (κ2) is 3.57. The Balaban J connectivity index is 2.93. The smallest absolute Gasteiger partial charge is 0.327 e. The molecule has 1 amide bonds. The van der Waals surface area contributed by atoms with E-state index in [1.807, 2.05) is 20.8 Å². The second-order valence-corrected chi connectivity index (χ2v) is 4.42. The van der Waals surface area contributed by atoms with E-state index < -0.39 is 17.6 Å². The van der Waals surface area contributed by atoms with E-state index in [9.17, 15) is 9.59 Å². The molecule has 1 fully saturated rings. The molecule has 1 atom stereocenters. The summed E-state index contributed by atoms with van der Waals surface area (Å²) in [6.07, 6.45) is 0. The van der Waals surface area contributed by atoms with Crippen LogP contribution in [0.4, 0.5) is 0 Å². The number of nitrogens with zero attached hydrogens (tertiary/aromatic N) is 1. The van der Waals surface area contributed by atoms with Crippen molar-refractivity contribution in [3.63, 3.8) is 0 Å². The molecule has 1 rings (SSSR count). The second-order valence-electron chi connectivity index (χ2n) is 4.42. The van der Waals surface area contributed by atoms with Crippen LogP contribution in [0.15, 0.2) is 0 Å². The highest BCUT2D eigenvalue weighted by Gasteiger charge is 2.39. The van der Waals surface area contributed by atoms with Gasteiger partial charge in [0.2, 0.25) is 5.91 Å². The normalized spacial score (nSPS) is 23.8. The molecule has 0 aromatic carbocycles. The number of carboxylic acids is 1. The molecule has 0 aliphatic carbocycles. The highest BCUT2D eigenvalue weighted by molar-refractivity contribution is 5.87. The fraction of sp³-hybridized carbons (Fsp3) is 0.778. The summed E-state index contributed by atoms with van der Waals surface area (Å²) in [5.74, 6) is -1.11. The average Bonchev–Trinajstić information content (AvgIpc) is 2.01. The van der Waals surface area contributed by atoms with E-state index >= 15 is 0 Å². The van der Waals surface area contributed by atoms with Crippen LogP contribution in [0.3, 0.4) is 0 Å². The molecule has 14 heavy (non-hydrogen) atoms. The number of carboxylic acid groups (broad SMARTS) is 1. The van der Waals surface area contributed by atoms with Gasteiger partial charge < -0.3 is 15.3 Å². The summed E-state index contributed by atoms with van der Waals surface area (Å²) in [5.41, 5.74) is -0.442. The monoisotopic (exact) mass is 200 g/mol. The topological polar surface area (TPSA) is 69.6 Å². The molecule has 5 nitrogen and oxygen atoms in total. The van der Waals surface area contributed by atoms with Gasteiger partial charge in [0.15, 0.2) is 0 Å². The van der Waals surface area contributed by atoms with Crippen LogP contribution < -0.4 is 5.32 Å². The van der Waals surface area contributed by atoms with Crippen LogP contribution in [0, 0.1) is 0 Å². The molecule has 1 aliphatic rings. The third-order valence-electron chi connectivity index (χ3n) is 2.20. The standard InChI is InChI=1S/C9H16N2O3/c1-9(2,3)11-6(8(13)14)4-10-5-7(11)12/h6,10H,4-5H2,1-3H3,(H,13,14). The Morgan fingerprint density at radius 1 is 1.57 bits per heavy atom. The van der Waals surface area contributed by atoms with Crippen LogP contribution in [0.1, 0.15) is 20.8 Å². The molecule has 1 saturated heterocycles. The fourth-order valence-corrected chi connectivity index (χ4v) is 1.71. The average molecular weight is 200 g/mol. The lowest BCUT2D eigenvalue weighted by Crippen LogP contribution is -2.63. The highest BCUT2D eigenvalue weighted by atomic mass is 16.4. The van der Waals surface area contributed by atoms with E-state index in [1.54, 1.807) is 0 Å². The van der Waals surface area contributed by atoms with Crippen molar-refractivity contribution >= 4 is 11.9 Å². The summed E-state index contributed by atoms with van der Waals surface area (Å²) < 4.78 is 0. The predicted octanol–water partition coefficient (Wildman–Crippen LogP) is -0.330. The minimum atomic E-state index is -0.958. The maximum Gasteiger partial charge on any atom is 0.327 e. The van der Waals surface area contributed by atoms with Crippen molar-refractivity contribution in [1.82, 2.24) is 10.2 Å². The molecule has 1 unspecified atom stereocenters. The molecule has 2 N–H and O–H groups in total. The van der Waals surface area contributed by atoms with Gasteiger partial charge in [-0.2, -0.15) is 0 Å². The van der Waals surface area contributed by atoms with Crippen molar-refractivity contribution in [2.75, 3.05) is 13.1 Å². The quantitative estimate of drug-likeness (QED) is 0.608. The Hall–Kier alpha value is -1.10. The first kappa shape index (κ1) is 11.0. The Kier molecular flexibility index (Phi) is 2.80. The minimum Gasteiger partial charge on any atom is -0.480 e. The van der Waals surface area contributed by atoms with Crippen LogP contribution in [0.2, 0.25) is 0 Å². The third kappa shape index (κ3) is 2.04. The summed E-state index contributed by atoms with van der Waals surface area (Å²) in [5, 5.41) is 11.8. The highest BCUT2D eigenvalue weighted by Crippen LogP contribution is 2.19. The summed E-state index contributed by atoms with van der Waals surface area (Å²) in [7, 11) is 0. The van der Waals surface area contributed by atoms with Gasteiger partial charge in [-0.1, -0.05) is 0 Å². The zero-order chi connectivity index (χ0) is 10.9. The first-order valence-electron chi connectivity index (χ1n) is 4.59. The predicted molar refractivity (Wildman–Crippen MR) is 50.9 cm³/mol. The summed E-state index contributed by atoms with van der Waals surface area (Å²) in [4.78, 5) is 23.9. The molecular formula is C9H16N2O3. The summed E-state index contributed by atoms with van der Waals surface area (Å²) in [6.45, 7) is 6.06. The van der Waals surface area contributed by atoms with Gasteiger partial charge >= 0.3 is 5.97 Å². The third-order valence-corrected chi connectivity index (χ3v) is 2.20. The van der Waals surface area contributed by atoms with Crippen LogP contribution >= 0.6 is 0 Å². The van der Waals surface area contributed by atoms with Crippen LogP contribution in [0.5, 0.6) is 0 Å². The number of hydrogen-bond donors (Lipinski definition) is 2. The van der Waals surface area contributed by atoms with Crippen LogP contribution in [-0.4, -0.2) is 46.6 Å². The van der Waals surface area contributed by atoms with Crippen molar-refractivity contribution in [1.29, 1.82) is 0 Å². The maximum atomic E-state index is 11.6. The Bertz CT molecular complexity index is 257. The summed E-state index contributed by atoms with van der Waals surface area (Å²) >= 11 is 0. The van der Waals surface area contributed by atoms with Gasteiger partial charge in [-0.15, -0.1) is 0 Å². The molecule has 0 bridgehead atoms. The molecule has 1 aliphatic heterocycles. The first-order valence-corrected chi connectivity index (χ1v) is 4.59. The van der Waals surface area contributed by atoms with Gasteiger partial charge in [0, 0.05) is 12.1 Å². The molecule has 0 aromatic heterocycles. The molecule has 0 aromatic rings. The van der Waals surface area contributed by atoms with E-state index in [0.717, 1.165) is 0 Å². The van der Waals surface area contributed by atoms with Crippen molar-refractivity contribution in [3.8, 4) is 0 Å². The first-order chi connectivity index (χ1) is 6.34. The molecule has 80 valence electrons. The molecular weight excluding hydrogens is 184 g/mol. The largest absolute Gasteiger partial charge is 0.480 e. The van der Waals surface area contributed by atoms with E-state index in [2.05, 4.69) is 5.32 Å². The number of piperazine rings is 1. The van der Waals surface area contributed by atoms with E-state index in [1.165, 1.54) is 4.90 Å². The Morgan fingerprint density at radius 3 is 2.50 bits per heavy atom. The van der Waals surface area contributed by atoms with Gasteiger partial charge in [0.1, 0.15) is 6.04 Å². The van der Waals surface area contributed by atoms with Crippen molar-refractivity contribution in [2.45, 2.75) is 32.4 Å². The van der Waals surface area contributed by atoms with Crippen molar-refractivity contribution < 1.29 is 14.7 Å². The minimum absolute atomic E-state index is 0.156. The van der Waals surface area contributed by atoms with Crippen molar-refractivity contribution in [2.24, 2.45) is 0 Å². The number of rotatable bonds is 1. The Labute approximate surface area is 83.1 Å². The molecule has 1 heterocycles. The maximum absolute atomic E-state index is 11.6. The number of amides is 1. The van der Waals surface area contributed by atoms with Crippen LogP contribution in [-0.2, 0) is 9.59 Å². The zero-order valence-corrected chi connectivity index (χ0v) is 8.70. The molecule has 0 radical (unpaired) electrons. The Morgan fingerprint density at radius 2 is 2.14 bits per heavy atom. The molecule has 5 heteroatoms. The van der Waals surface area contributed by atoms with Crippen molar-refractivity contribution in [3.05, 3.63) is 0 Å². The van der Waals surface area contributed by atoms with E-state index in [4.69, 9.17) is 5.11 Å². The van der Waals surface area contributed by atoms with E-state index in [0.29, 0.717) is 6.54 Å². The molecule has 0 saturated carbocycles. The number of hydrogen-bond acceptors (Lipinski definition) is 3. The lowest BCUT2D eigenvalue weighted by atomic mass is 10.0. The van der Waals surface area contributed by atoms with Gasteiger partial charge in [-0.05, 0) is 20.8 Å². The van der Waals surface area contributed by atoms with Crippen LogP contribution in [0.25, 0.3) is 0 Å². The van der Waals surface area contributed by atoms with E-state index in [-0.39, 0.29) is 12.5 Å². The molecule has 0 spiro atoms.